The second-order valence-corrected chi connectivity index (χ2v) is 7.68. The summed E-state index contributed by atoms with van der Waals surface area (Å²) in [4.78, 5) is 13.0. The van der Waals surface area contributed by atoms with Crippen LogP contribution in [-0.4, -0.2) is 25.2 Å². The summed E-state index contributed by atoms with van der Waals surface area (Å²) in [7, 11) is 1.64. The summed E-state index contributed by atoms with van der Waals surface area (Å²) < 4.78 is 11.5. The third kappa shape index (κ3) is 6.35. The van der Waals surface area contributed by atoms with E-state index >= 15 is 0 Å². The Hall–Kier alpha value is -1.55. The Labute approximate surface area is 153 Å². The fourth-order valence-electron chi connectivity index (χ4n) is 3.19. The molecule has 1 amide bonds. The number of benzene rings is 1. The van der Waals surface area contributed by atoms with E-state index in [2.05, 4.69) is 39.9 Å². The zero-order chi connectivity index (χ0) is 19.0. The molecule has 0 heterocycles. The number of hydrogen-bond acceptors (Lipinski definition) is 3. The lowest BCUT2D eigenvalue weighted by molar-refractivity contribution is -0.142. The Kier molecular flexibility index (Phi) is 8.43. The van der Waals surface area contributed by atoms with Gasteiger partial charge in [-0.05, 0) is 61.8 Å². The van der Waals surface area contributed by atoms with Crippen LogP contribution in [0.25, 0.3) is 0 Å². The molecule has 1 aromatic carbocycles. The normalized spacial score (nSPS) is 11.9. The molecule has 0 aliphatic heterocycles. The van der Waals surface area contributed by atoms with Crippen LogP contribution in [0.5, 0.6) is 5.75 Å². The molecule has 0 radical (unpaired) electrons. The maximum Gasteiger partial charge on any atom is 0.256 e. The fourth-order valence-corrected chi connectivity index (χ4v) is 3.19. The van der Waals surface area contributed by atoms with Crippen molar-refractivity contribution >= 4 is 11.6 Å². The van der Waals surface area contributed by atoms with E-state index in [1.54, 1.807) is 7.11 Å². The summed E-state index contributed by atoms with van der Waals surface area (Å²) in [5.74, 6) is 1.54. The smallest absolute Gasteiger partial charge is 0.256 e. The number of methoxy groups -OCH3 is 1. The van der Waals surface area contributed by atoms with Crippen molar-refractivity contribution < 1.29 is 14.3 Å². The first-order valence-corrected chi connectivity index (χ1v) is 9.34. The number of hydrogen-bond donors (Lipinski definition) is 1. The zero-order valence-electron chi connectivity index (χ0n) is 16.9. The van der Waals surface area contributed by atoms with Crippen LogP contribution in [-0.2, 0) is 9.53 Å². The highest BCUT2D eigenvalue weighted by Gasteiger charge is 2.39. The van der Waals surface area contributed by atoms with Crippen molar-refractivity contribution in [2.24, 2.45) is 11.8 Å². The number of carbonyl (C=O) groups is 1. The van der Waals surface area contributed by atoms with Crippen LogP contribution in [0.2, 0.25) is 0 Å². The van der Waals surface area contributed by atoms with E-state index in [0.717, 1.165) is 23.4 Å². The van der Waals surface area contributed by atoms with Gasteiger partial charge in [-0.2, -0.15) is 0 Å². The van der Waals surface area contributed by atoms with Crippen molar-refractivity contribution in [2.45, 2.75) is 66.4 Å². The van der Waals surface area contributed by atoms with Gasteiger partial charge in [0.1, 0.15) is 11.4 Å². The molecule has 0 unspecified atom stereocenters. The van der Waals surface area contributed by atoms with Gasteiger partial charge >= 0.3 is 0 Å². The molecule has 1 aromatic rings. The maximum absolute atomic E-state index is 13.0. The van der Waals surface area contributed by atoms with Crippen molar-refractivity contribution in [1.29, 1.82) is 0 Å². The SMILES string of the molecule is CCCOc1ccc(NC(=O)C(CC(C)C)(CC(C)C)OC)cc1C. The van der Waals surface area contributed by atoms with Crippen molar-refractivity contribution in [1.82, 2.24) is 0 Å². The molecule has 4 nitrogen and oxygen atoms in total. The first-order chi connectivity index (χ1) is 11.7. The summed E-state index contributed by atoms with van der Waals surface area (Å²) in [5, 5.41) is 3.05. The topological polar surface area (TPSA) is 47.6 Å². The first-order valence-electron chi connectivity index (χ1n) is 9.34. The lowest BCUT2D eigenvalue weighted by atomic mass is 9.84. The van der Waals surface area contributed by atoms with Crippen LogP contribution < -0.4 is 10.1 Å². The lowest BCUT2D eigenvalue weighted by Gasteiger charge is -2.34. The van der Waals surface area contributed by atoms with Crippen LogP contribution in [0.1, 0.15) is 59.4 Å². The number of carbonyl (C=O) groups excluding carboxylic acids is 1. The van der Waals surface area contributed by atoms with E-state index in [4.69, 9.17) is 9.47 Å². The van der Waals surface area contributed by atoms with Gasteiger partial charge in [0.05, 0.1) is 6.61 Å². The Morgan fingerprint density at radius 1 is 1.16 bits per heavy atom. The summed E-state index contributed by atoms with van der Waals surface area (Å²) in [6, 6.07) is 5.76. The minimum absolute atomic E-state index is 0.0703. The first kappa shape index (κ1) is 21.5. The van der Waals surface area contributed by atoms with Gasteiger partial charge in [-0.25, -0.2) is 0 Å². The van der Waals surface area contributed by atoms with Crippen molar-refractivity contribution in [3.63, 3.8) is 0 Å². The molecule has 1 N–H and O–H groups in total. The summed E-state index contributed by atoms with van der Waals surface area (Å²) >= 11 is 0. The minimum Gasteiger partial charge on any atom is -0.493 e. The summed E-state index contributed by atoms with van der Waals surface area (Å²) in [6.07, 6.45) is 2.37. The number of aryl methyl sites for hydroxylation is 1. The maximum atomic E-state index is 13.0. The Morgan fingerprint density at radius 2 is 1.76 bits per heavy atom. The van der Waals surface area contributed by atoms with Gasteiger partial charge in [-0.1, -0.05) is 34.6 Å². The van der Waals surface area contributed by atoms with E-state index in [-0.39, 0.29) is 5.91 Å². The van der Waals surface area contributed by atoms with E-state index in [9.17, 15) is 4.79 Å². The molecule has 0 aromatic heterocycles. The molecule has 142 valence electrons. The molecule has 0 bridgehead atoms. The van der Waals surface area contributed by atoms with E-state index in [1.807, 2.05) is 25.1 Å². The van der Waals surface area contributed by atoms with Gasteiger partial charge < -0.3 is 14.8 Å². The van der Waals surface area contributed by atoms with Gasteiger partial charge in [0, 0.05) is 12.8 Å². The van der Waals surface area contributed by atoms with Crippen LogP contribution >= 0.6 is 0 Å². The highest BCUT2D eigenvalue weighted by molar-refractivity contribution is 5.97. The molecule has 0 aliphatic rings. The molecule has 0 aliphatic carbocycles. The molecule has 0 spiro atoms. The van der Waals surface area contributed by atoms with Crippen molar-refractivity contribution in [3.05, 3.63) is 23.8 Å². The molecule has 1 rings (SSSR count). The van der Waals surface area contributed by atoms with Gasteiger partial charge in [0.15, 0.2) is 0 Å². The number of nitrogens with one attached hydrogen (secondary N) is 1. The summed E-state index contributed by atoms with van der Waals surface area (Å²) in [5.41, 5.74) is 0.996. The molecule has 4 heteroatoms. The largest absolute Gasteiger partial charge is 0.493 e. The number of anilines is 1. The number of rotatable bonds is 10. The predicted octanol–water partition coefficient (Wildman–Crippen LogP) is 5.20. The highest BCUT2D eigenvalue weighted by Crippen LogP contribution is 2.31. The van der Waals surface area contributed by atoms with Crippen molar-refractivity contribution in [3.8, 4) is 5.75 Å². The monoisotopic (exact) mass is 349 g/mol. The highest BCUT2D eigenvalue weighted by atomic mass is 16.5. The molecule has 0 fully saturated rings. The van der Waals surface area contributed by atoms with E-state index in [0.29, 0.717) is 31.3 Å². The minimum atomic E-state index is -0.798. The van der Waals surface area contributed by atoms with Gasteiger partial charge in [0.25, 0.3) is 5.91 Å². The standard InChI is InChI=1S/C21H35NO3/c1-8-11-25-19-10-9-18(12-17(19)6)22-20(23)21(24-7,13-15(2)3)14-16(4)5/h9-10,12,15-16H,8,11,13-14H2,1-7H3,(H,22,23). The Bertz CT molecular complexity index is 542. The van der Waals surface area contributed by atoms with Crippen molar-refractivity contribution in [2.75, 3.05) is 19.0 Å². The van der Waals surface area contributed by atoms with Gasteiger partial charge in [-0.15, -0.1) is 0 Å². The summed E-state index contributed by atoms with van der Waals surface area (Å²) in [6.45, 7) is 13.2. The number of ether oxygens (including phenoxy) is 2. The molecular weight excluding hydrogens is 314 g/mol. The molecule has 0 saturated heterocycles. The van der Waals surface area contributed by atoms with Crippen LogP contribution in [0.3, 0.4) is 0 Å². The molecule has 0 saturated carbocycles. The zero-order valence-corrected chi connectivity index (χ0v) is 16.9. The molecular formula is C21H35NO3. The van der Waals surface area contributed by atoms with Crippen LogP contribution in [0.4, 0.5) is 5.69 Å². The van der Waals surface area contributed by atoms with Gasteiger partial charge in [0.2, 0.25) is 0 Å². The fraction of sp³-hybridized carbons (Fsp3) is 0.667. The molecule has 0 atom stereocenters. The second-order valence-electron chi connectivity index (χ2n) is 7.68. The van der Waals surface area contributed by atoms with Crippen LogP contribution in [0, 0.1) is 18.8 Å². The second kappa shape index (κ2) is 9.81. The molecule has 25 heavy (non-hydrogen) atoms. The van der Waals surface area contributed by atoms with Gasteiger partial charge in [-0.3, -0.25) is 4.79 Å². The average Bonchev–Trinajstić information content (AvgIpc) is 2.52. The third-order valence-corrected chi connectivity index (χ3v) is 4.18. The Morgan fingerprint density at radius 3 is 2.20 bits per heavy atom. The van der Waals surface area contributed by atoms with E-state index in [1.165, 1.54) is 0 Å². The van der Waals surface area contributed by atoms with E-state index < -0.39 is 5.60 Å². The number of amides is 1. The predicted molar refractivity (Wildman–Crippen MR) is 104 cm³/mol. The van der Waals surface area contributed by atoms with Crippen LogP contribution in [0.15, 0.2) is 18.2 Å². The lowest BCUT2D eigenvalue weighted by Crippen LogP contribution is -2.46. The Balaban J connectivity index is 2.97. The quantitative estimate of drug-likeness (QED) is 0.631. The third-order valence-electron chi connectivity index (χ3n) is 4.18. The average molecular weight is 350 g/mol.